The number of hydrogen-bond acceptors (Lipinski definition) is 4. The molecular formula is C31H40F2N2O4S. The van der Waals surface area contributed by atoms with E-state index in [2.05, 4.69) is 4.90 Å². The lowest BCUT2D eigenvalue weighted by molar-refractivity contribution is -0.136. The van der Waals surface area contributed by atoms with Crippen molar-refractivity contribution in [3.8, 4) is 5.75 Å². The SMILES string of the molecule is CC/C(=C(CC(=O)O)\C(C)=C(/C)N(C/C1=C(\C)C(F)C=CC=CC1F)S(C)=O)c1ccc2c(c1C)N(C)CCO2. The van der Waals surface area contributed by atoms with Gasteiger partial charge in [-0.2, -0.15) is 0 Å². The predicted molar refractivity (Wildman–Crippen MR) is 159 cm³/mol. The summed E-state index contributed by atoms with van der Waals surface area (Å²) in [6.07, 6.45) is 4.43. The summed E-state index contributed by atoms with van der Waals surface area (Å²) >= 11 is 0. The Bertz CT molecular complexity index is 1330. The fourth-order valence-electron chi connectivity index (χ4n) is 5.33. The van der Waals surface area contributed by atoms with E-state index >= 15 is 4.39 Å². The largest absolute Gasteiger partial charge is 0.490 e. The number of likely N-dealkylation sites (N-methyl/N-ethyl adjacent to an activating group) is 1. The van der Waals surface area contributed by atoms with Crippen molar-refractivity contribution in [2.24, 2.45) is 0 Å². The highest BCUT2D eigenvalue weighted by Gasteiger charge is 2.26. The molecule has 9 heteroatoms. The molecule has 1 aromatic carbocycles. The second-order valence-electron chi connectivity index (χ2n) is 10.2. The average Bonchev–Trinajstić information content (AvgIpc) is 2.90. The van der Waals surface area contributed by atoms with E-state index in [-0.39, 0.29) is 24.1 Å². The van der Waals surface area contributed by atoms with Gasteiger partial charge in [-0.25, -0.2) is 13.0 Å². The van der Waals surface area contributed by atoms with Gasteiger partial charge in [0.25, 0.3) is 0 Å². The molecule has 0 amide bonds. The van der Waals surface area contributed by atoms with Crippen molar-refractivity contribution in [3.63, 3.8) is 0 Å². The van der Waals surface area contributed by atoms with E-state index in [4.69, 9.17) is 4.74 Å². The monoisotopic (exact) mass is 574 g/mol. The van der Waals surface area contributed by atoms with Gasteiger partial charge < -0.3 is 14.7 Å². The minimum Gasteiger partial charge on any atom is -0.490 e. The molecule has 1 heterocycles. The van der Waals surface area contributed by atoms with Crippen molar-refractivity contribution < 1.29 is 27.6 Å². The molecule has 0 fully saturated rings. The Kier molecular flexibility index (Phi) is 10.5. The third-order valence-corrected chi connectivity index (χ3v) is 8.77. The van der Waals surface area contributed by atoms with Gasteiger partial charge in [-0.1, -0.05) is 25.1 Å². The fraction of sp³-hybridized carbons (Fsp3) is 0.452. The zero-order valence-electron chi connectivity index (χ0n) is 24.4. The van der Waals surface area contributed by atoms with Gasteiger partial charge in [0.15, 0.2) is 0 Å². The lowest BCUT2D eigenvalue weighted by Gasteiger charge is -2.31. The third-order valence-electron chi connectivity index (χ3n) is 7.75. The van der Waals surface area contributed by atoms with E-state index < -0.39 is 29.3 Å². The van der Waals surface area contributed by atoms with Gasteiger partial charge in [-0.15, -0.1) is 0 Å². The van der Waals surface area contributed by atoms with Gasteiger partial charge in [0.1, 0.15) is 35.7 Å². The van der Waals surface area contributed by atoms with Crippen LogP contribution >= 0.6 is 0 Å². The number of benzene rings is 1. The Balaban J connectivity index is 2.19. The van der Waals surface area contributed by atoms with Crippen molar-refractivity contribution in [3.05, 3.63) is 75.6 Å². The zero-order chi connectivity index (χ0) is 29.7. The molecule has 3 rings (SSSR count). The summed E-state index contributed by atoms with van der Waals surface area (Å²) in [7, 11) is 0.417. The fourth-order valence-corrected chi connectivity index (χ4v) is 6.18. The number of nitrogens with zero attached hydrogens (tertiary/aromatic N) is 2. The van der Waals surface area contributed by atoms with Crippen LogP contribution < -0.4 is 9.64 Å². The number of anilines is 1. The standard InChI is InChI=1S/C31H40F2N2O4S/c1-8-23(24-13-14-29-31(21(24)4)34(6)15-16-39-29)25(17-30(36)37)19(2)22(5)35(40(7)38)18-26-20(3)27(32)11-9-10-12-28(26)33/h9-14,27-28H,8,15-18H2,1-7H3,(H,36,37)/b11-9?,12-10?,22-19+,25-23+,26-20-. The first-order chi connectivity index (χ1) is 18.9. The van der Waals surface area contributed by atoms with Crippen molar-refractivity contribution in [2.75, 3.05) is 37.9 Å². The highest BCUT2D eigenvalue weighted by molar-refractivity contribution is 7.82. The van der Waals surface area contributed by atoms with E-state index in [1.165, 1.54) is 34.9 Å². The number of ether oxygens (including phenoxy) is 1. The second-order valence-corrected chi connectivity index (χ2v) is 11.5. The molecule has 1 N–H and O–H groups in total. The smallest absolute Gasteiger partial charge is 0.307 e. The second kappa shape index (κ2) is 13.4. The summed E-state index contributed by atoms with van der Waals surface area (Å²) in [5.41, 5.74) is 5.98. The first kappa shape index (κ1) is 31.3. The van der Waals surface area contributed by atoms with Crippen LogP contribution in [0, 0.1) is 6.92 Å². The molecule has 6 nitrogen and oxygen atoms in total. The van der Waals surface area contributed by atoms with Crippen molar-refractivity contribution >= 4 is 28.2 Å². The van der Waals surface area contributed by atoms with Crippen LogP contribution in [0.3, 0.4) is 0 Å². The van der Waals surface area contributed by atoms with Crippen LogP contribution in [0.4, 0.5) is 14.5 Å². The average molecular weight is 575 g/mol. The highest BCUT2D eigenvalue weighted by atomic mass is 32.2. The quantitative estimate of drug-likeness (QED) is 0.270. The lowest BCUT2D eigenvalue weighted by atomic mass is 9.87. The summed E-state index contributed by atoms with van der Waals surface area (Å²) in [5.74, 6) is -0.201. The molecule has 218 valence electrons. The molecule has 1 aliphatic carbocycles. The Hall–Kier alpha value is -3.20. The molecule has 0 spiro atoms. The number of hydrogen-bond donors (Lipinski definition) is 1. The molecule has 1 aliphatic heterocycles. The van der Waals surface area contributed by atoms with E-state index in [0.717, 1.165) is 34.7 Å². The Morgan fingerprint density at radius 3 is 2.42 bits per heavy atom. The number of rotatable bonds is 9. The maximum atomic E-state index is 15.2. The van der Waals surface area contributed by atoms with Gasteiger partial charge in [0, 0.05) is 19.0 Å². The van der Waals surface area contributed by atoms with Crippen LogP contribution in [0.2, 0.25) is 0 Å². The molecule has 3 unspecified atom stereocenters. The van der Waals surface area contributed by atoms with Crippen molar-refractivity contribution in [2.45, 2.75) is 59.8 Å². The molecule has 2 aliphatic rings. The number of carbonyl (C=O) groups is 1. The predicted octanol–water partition coefficient (Wildman–Crippen LogP) is 6.47. The number of fused-ring (bicyclic) bond motifs is 1. The first-order valence-electron chi connectivity index (χ1n) is 13.4. The van der Waals surface area contributed by atoms with Crippen molar-refractivity contribution in [1.82, 2.24) is 4.31 Å². The van der Waals surface area contributed by atoms with Crippen LogP contribution in [0.25, 0.3) is 5.57 Å². The molecule has 1 aromatic rings. The normalized spacial score (nSPS) is 22.9. The van der Waals surface area contributed by atoms with Gasteiger partial charge in [0.05, 0.1) is 25.2 Å². The third kappa shape index (κ3) is 6.74. The van der Waals surface area contributed by atoms with Gasteiger partial charge in [0.2, 0.25) is 0 Å². The number of halogens is 2. The van der Waals surface area contributed by atoms with Crippen LogP contribution in [0.5, 0.6) is 5.75 Å². The topological polar surface area (TPSA) is 70.1 Å². The molecule has 0 saturated heterocycles. The van der Waals surface area contributed by atoms with E-state index in [9.17, 15) is 18.5 Å². The molecule has 0 aromatic heterocycles. The van der Waals surface area contributed by atoms with Crippen LogP contribution in [0.1, 0.15) is 51.7 Å². The van der Waals surface area contributed by atoms with Gasteiger partial charge in [-0.3, -0.25) is 9.10 Å². The summed E-state index contributed by atoms with van der Waals surface area (Å²) < 4.78 is 50.2. The van der Waals surface area contributed by atoms with E-state index in [1.54, 1.807) is 20.8 Å². The Labute approximate surface area is 239 Å². The van der Waals surface area contributed by atoms with E-state index in [1.807, 2.05) is 33.0 Å². The molecule has 0 saturated carbocycles. The van der Waals surface area contributed by atoms with Gasteiger partial charge >= 0.3 is 5.97 Å². The van der Waals surface area contributed by atoms with Crippen molar-refractivity contribution in [1.29, 1.82) is 0 Å². The zero-order valence-corrected chi connectivity index (χ0v) is 25.2. The minimum atomic E-state index is -1.59. The van der Waals surface area contributed by atoms with Crippen LogP contribution in [-0.4, -0.2) is 64.9 Å². The maximum absolute atomic E-state index is 15.2. The highest BCUT2D eigenvalue weighted by Crippen LogP contribution is 2.41. The molecule has 3 atom stereocenters. The number of carboxylic acids is 1. The molecule has 0 radical (unpaired) electrons. The number of alkyl halides is 2. The molecule has 0 bridgehead atoms. The van der Waals surface area contributed by atoms with Gasteiger partial charge in [-0.05, 0) is 91.3 Å². The minimum absolute atomic E-state index is 0.0975. The number of carboxylic acid groups (broad SMARTS) is 1. The lowest BCUT2D eigenvalue weighted by Crippen LogP contribution is -2.30. The number of aliphatic carboxylic acids is 1. The van der Waals surface area contributed by atoms with Crippen LogP contribution in [-0.2, 0) is 15.8 Å². The summed E-state index contributed by atoms with van der Waals surface area (Å²) in [5, 5.41) is 9.90. The maximum Gasteiger partial charge on any atom is 0.307 e. The Morgan fingerprint density at radius 1 is 1.18 bits per heavy atom. The summed E-state index contributed by atoms with van der Waals surface area (Å²) in [4.78, 5) is 14.2. The van der Waals surface area contributed by atoms with Crippen LogP contribution in [0.15, 0.2) is 64.4 Å². The summed E-state index contributed by atoms with van der Waals surface area (Å²) in [6, 6.07) is 3.88. The molecule has 40 heavy (non-hydrogen) atoms. The first-order valence-corrected chi connectivity index (χ1v) is 14.9. The number of allylic oxidation sites excluding steroid dienone is 8. The van der Waals surface area contributed by atoms with E-state index in [0.29, 0.717) is 29.9 Å². The summed E-state index contributed by atoms with van der Waals surface area (Å²) in [6.45, 7) is 10.3. The Morgan fingerprint density at radius 2 is 1.82 bits per heavy atom. The molecular weight excluding hydrogens is 534 g/mol.